The third-order valence-electron chi connectivity index (χ3n) is 5.07. The lowest BCUT2D eigenvalue weighted by molar-refractivity contribution is -0.140. The van der Waals surface area contributed by atoms with Gasteiger partial charge in [-0.25, -0.2) is 0 Å². The first-order chi connectivity index (χ1) is 12.8. The Balaban J connectivity index is 2.04. The van der Waals surface area contributed by atoms with Crippen LogP contribution in [0.5, 0.6) is 0 Å². The van der Waals surface area contributed by atoms with Crippen LogP contribution in [0.1, 0.15) is 55.8 Å². The summed E-state index contributed by atoms with van der Waals surface area (Å²) in [4.78, 5) is 41.0. The Hall–Kier alpha value is -2.38. The number of nitrogens with zero attached hydrogens (tertiary/aromatic N) is 3. The zero-order valence-corrected chi connectivity index (χ0v) is 16.7. The van der Waals surface area contributed by atoms with E-state index in [1.165, 1.54) is 0 Å². The van der Waals surface area contributed by atoms with Gasteiger partial charge in [-0.1, -0.05) is 11.6 Å². The van der Waals surface area contributed by atoms with Crippen LogP contribution < -0.4 is 5.32 Å². The highest BCUT2D eigenvalue weighted by Gasteiger charge is 2.29. The molecule has 1 aliphatic heterocycles. The lowest BCUT2D eigenvalue weighted by Gasteiger charge is -2.26. The van der Waals surface area contributed by atoms with Crippen molar-refractivity contribution < 1.29 is 18.9 Å². The van der Waals surface area contributed by atoms with Crippen molar-refractivity contribution in [2.45, 2.75) is 52.5 Å². The fourth-order valence-electron chi connectivity index (χ4n) is 3.46. The minimum Gasteiger partial charge on any atom is -0.361 e. The summed E-state index contributed by atoms with van der Waals surface area (Å²) in [7, 11) is 1.71. The maximum absolute atomic E-state index is 12.7. The van der Waals surface area contributed by atoms with Gasteiger partial charge in [0.25, 0.3) is 5.91 Å². The molecular formula is C19H30N4O4. The number of carbonyl (C=O) groups excluding carboxylic acids is 3. The standard InChI is InChI=1S/C19H30N4O4/c1-5-23(6-2)19(26)14-8-7-9-15(12-22(4)17(24)11-14)20-18(25)16-10-13(3)27-21-16/h10,14-15H,5-9,11-12H2,1-4H3,(H,20,25). The van der Waals surface area contributed by atoms with Crippen molar-refractivity contribution in [3.8, 4) is 0 Å². The molecule has 0 spiro atoms. The topological polar surface area (TPSA) is 95.8 Å². The van der Waals surface area contributed by atoms with Gasteiger partial charge in [0.2, 0.25) is 11.8 Å². The third kappa shape index (κ3) is 5.55. The number of hydrogen-bond donors (Lipinski definition) is 1. The minimum absolute atomic E-state index is 0.0438. The van der Waals surface area contributed by atoms with Crippen molar-refractivity contribution in [1.29, 1.82) is 0 Å². The second kappa shape index (κ2) is 9.53. The number of aryl methyl sites for hydroxylation is 1. The molecule has 0 saturated carbocycles. The van der Waals surface area contributed by atoms with Crippen molar-refractivity contribution in [1.82, 2.24) is 20.3 Å². The van der Waals surface area contributed by atoms with Gasteiger partial charge in [-0.2, -0.15) is 0 Å². The molecule has 1 aliphatic rings. The molecule has 27 heavy (non-hydrogen) atoms. The van der Waals surface area contributed by atoms with Crippen LogP contribution in [0.15, 0.2) is 10.6 Å². The van der Waals surface area contributed by atoms with Gasteiger partial charge in [0.15, 0.2) is 5.69 Å². The number of hydrogen-bond acceptors (Lipinski definition) is 5. The fourth-order valence-corrected chi connectivity index (χ4v) is 3.46. The monoisotopic (exact) mass is 378 g/mol. The Morgan fingerprint density at radius 2 is 2.04 bits per heavy atom. The third-order valence-corrected chi connectivity index (χ3v) is 5.07. The van der Waals surface area contributed by atoms with E-state index in [9.17, 15) is 14.4 Å². The lowest BCUT2D eigenvalue weighted by Crippen LogP contribution is -2.44. The summed E-state index contributed by atoms with van der Waals surface area (Å²) >= 11 is 0. The predicted molar refractivity (Wildman–Crippen MR) is 100 cm³/mol. The summed E-state index contributed by atoms with van der Waals surface area (Å²) in [6.45, 7) is 7.32. The fraction of sp³-hybridized carbons (Fsp3) is 0.684. The van der Waals surface area contributed by atoms with Gasteiger partial charge in [-0.3, -0.25) is 14.4 Å². The summed E-state index contributed by atoms with van der Waals surface area (Å²) in [5, 5.41) is 6.66. The number of nitrogens with one attached hydrogen (secondary N) is 1. The molecule has 0 aliphatic carbocycles. The van der Waals surface area contributed by atoms with E-state index >= 15 is 0 Å². The van der Waals surface area contributed by atoms with Crippen LogP contribution in [-0.4, -0.2) is 65.4 Å². The molecule has 0 radical (unpaired) electrons. The second-order valence-corrected chi connectivity index (χ2v) is 7.11. The highest BCUT2D eigenvalue weighted by Crippen LogP contribution is 2.21. The van der Waals surface area contributed by atoms with Gasteiger partial charge in [0.05, 0.1) is 0 Å². The molecule has 150 valence electrons. The molecule has 1 fully saturated rings. The zero-order valence-electron chi connectivity index (χ0n) is 16.7. The molecule has 2 unspecified atom stereocenters. The van der Waals surface area contributed by atoms with E-state index in [0.717, 1.165) is 6.42 Å². The Labute approximate surface area is 160 Å². The number of likely N-dealkylation sites (N-methyl/N-ethyl adjacent to an activating group) is 1. The van der Waals surface area contributed by atoms with Crippen molar-refractivity contribution in [2.75, 3.05) is 26.7 Å². The van der Waals surface area contributed by atoms with E-state index < -0.39 is 0 Å². The number of amides is 3. The summed E-state index contributed by atoms with van der Waals surface area (Å²) in [5.41, 5.74) is 0.232. The van der Waals surface area contributed by atoms with Gasteiger partial charge < -0.3 is 19.6 Å². The first-order valence-corrected chi connectivity index (χ1v) is 9.62. The molecule has 0 bridgehead atoms. The quantitative estimate of drug-likeness (QED) is 0.840. The second-order valence-electron chi connectivity index (χ2n) is 7.11. The van der Waals surface area contributed by atoms with Gasteiger partial charge >= 0.3 is 0 Å². The largest absolute Gasteiger partial charge is 0.361 e. The van der Waals surface area contributed by atoms with E-state index in [2.05, 4.69) is 10.5 Å². The molecule has 1 saturated heterocycles. The van der Waals surface area contributed by atoms with Crippen molar-refractivity contribution in [2.24, 2.45) is 5.92 Å². The van der Waals surface area contributed by atoms with Crippen molar-refractivity contribution >= 4 is 17.7 Å². The molecule has 8 nitrogen and oxygen atoms in total. The van der Waals surface area contributed by atoms with Crippen LogP contribution in [0.4, 0.5) is 0 Å². The van der Waals surface area contributed by atoms with Crippen molar-refractivity contribution in [3.63, 3.8) is 0 Å². The van der Waals surface area contributed by atoms with Gasteiger partial charge in [0, 0.05) is 51.1 Å². The van der Waals surface area contributed by atoms with E-state index in [1.54, 1.807) is 29.8 Å². The van der Waals surface area contributed by atoms with Gasteiger partial charge in [-0.15, -0.1) is 0 Å². The molecule has 3 amide bonds. The van der Waals surface area contributed by atoms with Crippen LogP contribution in [0.25, 0.3) is 0 Å². The van der Waals surface area contributed by atoms with Crippen LogP contribution in [0.3, 0.4) is 0 Å². The molecule has 8 heteroatoms. The van der Waals surface area contributed by atoms with Crippen LogP contribution in [0.2, 0.25) is 0 Å². The van der Waals surface area contributed by atoms with E-state index in [4.69, 9.17) is 4.52 Å². The van der Waals surface area contributed by atoms with Gasteiger partial charge in [0.1, 0.15) is 5.76 Å². The summed E-state index contributed by atoms with van der Waals surface area (Å²) in [5.74, 6) is -0.0684. The Kier molecular flexibility index (Phi) is 7.38. The molecule has 1 aromatic rings. The molecular weight excluding hydrogens is 348 g/mol. The SMILES string of the molecule is CCN(CC)C(=O)C1CCCC(NC(=O)c2cc(C)on2)CN(C)C(=O)C1. The normalized spacial score (nSPS) is 21.2. The first-order valence-electron chi connectivity index (χ1n) is 9.62. The van der Waals surface area contributed by atoms with Crippen LogP contribution in [0, 0.1) is 12.8 Å². The van der Waals surface area contributed by atoms with E-state index in [-0.39, 0.29) is 41.8 Å². The predicted octanol–water partition coefficient (Wildman–Crippen LogP) is 1.60. The van der Waals surface area contributed by atoms with E-state index in [1.807, 2.05) is 13.8 Å². The molecule has 2 rings (SSSR count). The smallest absolute Gasteiger partial charge is 0.273 e. The minimum atomic E-state index is -0.312. The van der Waals surface area contributed by atoms with Gasteiger partial charge in [-0.05, 0) is 33.6 Å². The summed E-state index contributed by atoms with van der Waals surface area (Å²) in [6.07, 6.45) is 2.32. The Bertz CT molecular complexity index is 668. The zero-order chi connectivity index (χ0) is 20.0. The maximum atomic E-state index is 12.7. The Morgan fingerprint density at radius 3 is 2.63 bits per heavy atom. The number of rotatable bonds is 5. The molecule has 0 aromatic carbocycles. The summed E-state index contributed by atoms with van der Waals surface area (Å²) < 4.78 is 4.94. The molecule has 1 aromatic heterocycles. The average Bonchev–Trinajstić information content (AvgIpc) is 3.09. The summed E-state index contributed by atoms with van der Waals surface area (Å²) in [6, 6.07) is 1.39. The van der Waals surface area contributed by atoms with Crippen LogP contribution in [-0.2, 0) is 9.59 Å². The number of carbonyl (C=O) groups is 3. The molecule has 2 atom stereocenters. The highest BCUT2D eigenvalue weighted by atomic mass is 16.5. The molecule has 2 heterocycles. The Morgan fingerprint density at radius 1 is 1.33 bits per heavy atom. The first kappa shape index (κ1) is 20.9. The average molecular weight is 378 g/mol. The highest BCUT2D eigenvalue weighted by molar-refractivity contribution is 5.92. The molecule has 1 N–H and O–H groups in total. The van der Waals surface area contributed by atoms with Crippen LogP contribution >= 0.6 is 0 Å². The maximum Gasteiger partial charge on any atom is 0.273 e. The van der Waals surface area contributed by atoms with Crippen molar-refractivity contribution in [3.05, 3.63) is 17.5 Å². The lowest BCUT2D eigenvalue weighted by atomic mass is 9.95. The van der Waals surface area contributed by atoms with E-state index in [0.29, 0.717) is 38.2 Å². The number of aromatic nitrogens is 1.